The van der Waals surface area contributed by atoms with E-state index in [2.05, 4.69) is 50.2 Å². The summed E-state index contributed by atoms with van der Waals surface area (Å²) in [5, 5.41) is 0.615. The van der Waals surface area contributed by atoms with Gasteiger partial charge in [0.25, 0.3) is 0 Å². The summed E-state index contributed by atoms with van der Waals surface area (Å²) in [7, 11) is 0. The molecule has 27 heavy (non-hydrogen) atoms. The SMILES string of the molecule is CCc1ccc(-c2ccc3occ(-c4ccc(CC)cc4)c(=O)c3c2)cc1. The molecule has 2 heteroatoms. The van der Waals surface area contributed by atoms with Gasteiger partial charge in [-0.15, -0.1) is 0 Å². The minimum Gasteiger partial charge on any atom is -0.463 e. The quantitative estimate of drug-likeness (QED) is 0.433. The first-order chi connectivity index (χ1) is 13.2. The zero-order valence-electron chi connectivity index (χ0n) is 15.7. The largest absolute Gasteiger partial charge is 0.463 e. The van der Waals surface area contributed by atoms with E-state index in [4.69, 9.17) is 4.42 Å². The number of aryl methyl sites for hydroxylation is 2. The van der Waals surface area contributed by atoms with Crippen LogP contribution in [-0.4, -0.2) is 0 Å². The Hall–Kier alpha value is -3.13. The van der Waals surface area contributed by atoms with E-state index in [1.807, 2.05) is 30.3 Å². The van der Waals surface area contributed by atoms with Gasteiger partial charge in [-0.2, -0.15) is 0 Å². The van der Waals surface area contributed by atoms with Crippen LogP contribution in [0.15, 0.2) is 82.2 Å². The number of hydrogen-bond acceptors (Lipinski definition) is 2. The van der Waals surface area contributed by atoms with Crippen molar-refractivity contribution in [2.45, 2.75) is 26.7 Å². The molecule has 0 unspecified atom stereocenters. The molecule has 1 aromatic heterocycles. The van der Waals surface area contributed by atoms with Crippen LogP contribution < -0.4 is 5.43 Å². The third-order valence-corrected chi connectivity index (χ3v) is 5.14. The summed E-state index contributed by atoms with van der Waals surface area (Å²) in [5.41, 5.74) is 6.79. The third-order valence-electron chi connectivity index (χ3n) is 5.14. The van der Waals surface area contributed by atoms with Crippen molar-refractivity contribution in [2.75, 3.05) is 0 Å². The molecule has 2 nitrogen and oxygen atoms in total. The first-order valence-corrected chi connectivity index (χ1v) is 9.43. The van der Waals surface area contributed by atoms with E-state index in [0.29, 0.717) is 16.5 Å². The van der Waals surface area contributed by atoms with E-state index in [-0.39, 0.29) is 5.43 Å². The predicted octanol–water partition coefficient (Wildman–Crippen LogP) is 6.25. The first kappa shape index (κ1) is 17.3. The van der Waals surface area contributed by atoms with Gasteiger partial charge in [-0.1, -0.05) is 68.4 Å². The Bertz CT molecular complexity index is 1130. The van der Waals surface area contributed by atoms with E-state index in [9.17, 15) is 4.79 Å². The van der Waals surface area contributed by atoms with Crippen molar-refractivity contribution in [3.05, 3.63) is 94.3 Å². The first-order valence-electron chi connectivity index (χ1n) is 9.43. The number of hydrogen-bond donors (Lipinski definition) is 0. The molecule has 0 amide bonds. The van der Waals surface area contributed by atoms with Gasteiger partial charge in [-0.3, -0.25) is 4.79 Å². The van der Waals surface area contributed by atoms with E-state index in [1.165, 1.54) is 11.1 Å². The summed E-state index contributed by atoms with van der Waals surface area (Å²) >= 11 is 0. The van der Waals surface area contributed by atoms with Crippen LogP contribution in [-0.2, 0) is 12.8 Å². The van der Waals surface area contributed by atoms with Crippen LogP contribution >= 0.6 is 0 Å². The van der Waals surface area contributed by atoms with Crippen LogP contribution in [0.4, 0.5) is 0 Å². The summed E-state index contributed by atoms with van der Waals surface area (Å²) in [6.07, 6.45) is 3.57. The number of benzene rings is 3. The van der Waals surface area contributed by atoms with Crippen LogP contribution in [0.25, 0.3) is 33.2 Å². The highest BCUT2D eigenvalue weighted by Crippen LogP contribution is 2.26. The van der Waals surface area contributed by atoms with Crippen LogP contribution in [0.3, 0.4) is 0 Å². The highest BCUT2D eigenvalue weighted by atomic mass is 16.3. The van der Waals surface area contributed by atoms with Crippen molar-refractivity contribution >= 4 is 11.0 Å². The molecule has 0 saturated carbocycles. The van der Waals surface area contributed by atoms with Crippen LogP contribution in [0, 0.1) is 0 Å². The standard InChI is InChI=1S/C25H22O2/c1-3-17-5-9-19(10-6-17)21-13-14-24-22(15-21)25(26)23(16-27-24)20-11-7-18(4-2)8-12-20/h5-16H,3-4H2,1-2H3. The van der Waals surface area contributed by atoms with E-state index < -0.39 is 0 Å². The van der Waals surface area contributed by atoms with Crippen molar-refractivity contribution < 1.29 is 4.42 Å². The summed E-state index contributed by atoms with van der Waals surface area (Å²) in [5.74, 6) is 0. The lowest BCUT2D eigenvalue weighted by Gasteiger charge is -2.07. The molecule has 0 atom stereocenters. The molecule has 0 radical (unpaired) electrons. The Kier molecular flexibility index (Phi) is 4.64. The van der Waals surface area contributed by atoms with Gasteiger partial charge in [-0.25, -0.2) is 0 Å². The van der Waals surface area contributed by atoms with Gasteiger partial charge in [0.15, 0.2) is 0 Å². The zero-order valence-corrected chi connectivity index (χ0v) is 15.7. The molecular formula is C25H22O2. The Morgan fingerprint density at radius 3 is 1.85 bits per heavy atom. The molecule has 0 bridgehead atoms. The molecule has 1 heterocycles. The van der Waals surface area contributed by atoms with Gasteiger partial charge in [0.1, 0.15) is 11.8 Å². The molecule has 3 aromatic carbocycles. The Labute approximate surface area is 159 Å². The molecule has 0 aliphatic rings. The van der Waals surface area contributed by atoms with Gasteiger partial charge in [0.05, 0.1) is 10.9 Å². The zero-order chi connectivity index (χ0) is 18.8. The molecule has 0 aliphatic carbocycles. The van der Waals surface area contributed by atoms with Crippen LogP contribution in [0.2, 0.25) is 0 Å². The van der Waals surface area contributed by atoms with Gasteiger partial charge in [0, 0.05) is 0 Å². The molecule has 4 aromatic rings. The van der Waals surface area contributed by atoms with Crippen molar-refractivity contribution in [1.82, 2.24) is 0 Å². The molecule has 4 rings (SSSR count). The molecular weight excluding hydrogens is 332 g/mol. The van der Waals surface area contributed by atoms with Gasteiger partial charge < -0.3 is 4.42 Å². The van der Waals surface area contributed by atoms with Crippen LogP contribution in [0.5, 0.6) is 0 Å². The summed E-state index contributed by atoms with van der Waals surface area (Å²) < 4.78 is 5.76. The second kappa shape index (κ2) is 7.24. The van der Waals surface area contributed by atoms with E-state index >= 15 is 0 Å². The fourth-order valence-corrected chi connectivity index (χ4v) is 3.36. The topological polar surface area (TPSA) is 30.2 Å². The Morgan fingerprint density at radius 2 is 1.26 bits per heavy atom. The molecule has 134 valence electrons. The maximum absolute atomic E-state index is 13.1. The summed E-state index contributed by atoms with van der Waals surface area (Å²) in [4.78, 5) is 13.1. The Balaban J connectivity index is 1.81. The molecule has 0 saturated heterocycles. The van der Waals surface area contributed by atoms with E-state index in [1.54, 1.807) is 6.26 Å². The van der Waals surface area contributed by atoms with Gasteiger partial charge in [-0.05, 0) is 52.8 Å². The molecule has 0 spiro atoms. The minimum absolute atomic E-state index is 0.00697. The predicted molar refractivity (Wildman–Crippen MR) is 112 cm³/mol. The summed E-state index contributed by atoms with van der Waals surface area (Å²) in [6, 6.07) is 22.4. The van der Waals surface area contributed by atoms with Gasteiger partial charge >= 0.3 is 0 Å². The lowest BCUT2D eigenvalue weighted by Crippen LogP contribution is -2.05. The highest BCUT2D eigenvalue weighted by Gasteiger charge is 2.10. The maximum Gasteiger partial charge on any atom is 0.200 e. The summed E-state index contributed by atoms with van der Waals surface area (Å²) in [6.45, 7) is 4.26. The second-order valence-corrected chi connectivity index (χ2v) is 6.79. The average Bonchev–Trinajstić information content (AvgIpc) is 2.74. The lowest BCUT2D eigenvalue weighted by molar-refractivity contribution is 0.604. The third kappa shape index (κ3) is 3.31. The fraction of sp³-hybridized carbons (Fsp3) is 0.160. The minimum atomic E-state index is 0.00697. The van der Waals surface area contributed by atoms with Crippen molar-refractivity contribution in [2.24, 2.45) is 0 Å². The second-order valence-electron chi connectivity index (χ2n) is 6.79. The lowest BCUT2D eigenvalue weighted by atomic mass is 9.99. The monoisotopic (exact) mass is 354 g/mol. The number of rotatable bonds is 4. The highest BCUT2D eigenvalue weighted by molar-refractivity contribution is 5.86. The fourth-order valence-electron chi connectivity index (χ4n) is 3.36. The van der Waals surface area contributed by atoms with Crippen LogP contribution in [0.1, 0.15) is 25.0 Å². The maximum atomic E-state index is 13.1. The average molecular weight is 354 g/mol. The van der Waals surface area contributed by atoms with Crippen molar-refractivity contribution in [3.63, 3.8) is 0 Å². The smallest absolute Gasteiger partial charge is 0.200 e. The van der Waals surface area contributed by atoms with Crippen molar-refractivity contribution in [3.8, 4) is 22.3 Å². The van der Waals surface area contributed by atoms with E-state index in [0.717, 1.165) is 29.5 Å². The van der Waals surface area contributed by atoms with Gasteiger partial charge in [0.2, 0.25) is 5.43 Å². The normalized spacial score (nSPS) is 11.0. The molecule has 0 N–H and O–H groups in total. The number of fused-ring (bicyclic) bond motifs is 1. The van der Waals surface area contributed by atoms with Crippen molar-refractivity contribution in [1.29, 1.82) is 0 Å². The molecule has 0 fully saturated rings. The Morgan fingerprint density at radius 1 is 0.704 bits per heavy atom. The molecule has 0 aliphatic heterocycles.